The Hall–Kier alpha value is -1.72. The second-order valence-electron chi connectivity index (χ2n) is 2.96. The number of ether oxygens (including phenoxy) is 1. The van der Waals surface area contributed by atoms with Gasteiger partial charge in [-0.2, -0.15) is 13.2 Å². The molecule has 0 unspecified atom stereocenters. The first kappa shape index (κ1) is 12.4. The van der Waals surface area contributed by atoms with Crippen molar-refractivity contribution in [3.05, 3.63) is 29.3 Å². The molecule has 0 saturated heterocycles. The van der Waals surface area contributed by atoms with Crippen molar-refractivity contribution in [1.29, 1.82) is 0 Å². The maximum absolute atomic E-state index is 12.6. The molecule has 6 heteroatoms. The number of hydrogen-bond acceptors (Lipinski definition) is 2. The zero-order valence-corrected chi connectivity index (χ0v) is 8.68. The first-order valence-corrected chi connectivity index (χ1v) is 4.38. The summed E-state index contributed by atoms with van der Waals surface area (Å²) in [6, 6.07) is 3.30. The third-order valence-corrected chi connectivity index (χ3v) is 2.00. The molecule has 0 atom stereocenters. The van der Waals surface area contributed by atoms with Crippen LogP contribution in [0.3, 0.4) is 0 Å². The lowest BCUT2D eigenvalue weighted by molar-refractivity contribution is -0.138. The number of methoxy groups -OCH3 is 1. The lowest BCUT2D eigenvalue weighted by Crippen LogP contribution is -2.20. The van der Waals surface area contributed by atoms with Crippen LogP contribution in [0.2, 0.25) is 0 Å². The van der Waals surface area contributed by atoms with Gasteiger partial charge in [0.25, 0.3) is 5.91 Å². The van der Waals surface area contributed by atoms with Gasteiger partial charge < -0.3 is 10.1 Å². The van der Waals surface area contributed by atoms with Gasteiger partial charge in [-0.05, 0) is 12.1 Å². The highest BCUT2D eigenvalue weighted by Crippen LogP contribution is 2.37. The van der Waals surface area contributed by atoms with Crippen molar-refractivity contribution in [3.8, 4) is 5.75 Å². The van der Waals surface area contributed by atoms with Crippen LogP contribution in [0.1, 0.15) is 15.9 Å². The van der Waals surface area contributed by atoms with Gasteiger partial charge in [0.1, 0.15) is 5.75 Å². The number of rotatable bonds is 2. The Morgan fingerprint density at radius 1 is 1.38 bits per heavy atom. The minimum Gasteiger partial charge on any atom is -0.495 e. The van der Waals surface area contributed by atoms with Gasteiger partial charge in [-0.15, -0.1) is 0 Å². The second-order valence-corrected chi connectivity index (χ2v) is 2.96. The van der Waals surface area contributed by atoms with E-state index in [9.17, 15) is 18.0 Å². The van der Waals surface area contributed by atoms with E-state index in [0.29, 0.717) is 0 Å². The lowest BCUT2D eigenvalue weighted by atomic mass is 10.1. The summed E-state index contributed by atoms with van der Waals surface area (Å²) in [7, 11) is 2.43. The van der Waals surface area contributed by atoms with Crippen LogP contribution in [0.4, 0.5) is 13.2 Å². The van der Waals surface area contributed by atoms with Crippen molar-refractivity contribution in [2.45, 2.75) is 6.18 Å². The zero-order valence-electron chi connectivity index (χ0n) is 8.68. The van der Waals surface area contributed by atoms with Gasteiger partial charge in [-0.3, -0.25) is 4.79 Å². The summed E-state index contributed by atoms with van der Waals surface area (Å²) in [5, 5.41) is 2.25. The van der Waals surface area contributed by atoms with Crippen molar-refractivity contribution in [3.63, 3.8) is 0 Å². The van der Waals surface area contributed by atoms with Crippen LogP contribution in [0.15, 0.2) is 18.2 Å². The van der Waals surface area contributed by atoms with Crippen LogP contribution in [0, 0.1) is 0 Å². The van der Waals surface area contributed by atoms with Gasteiger partial charge >= 0.3 is 6.18 Å². The number of alkyl halides is 3. The summed E-state index contributed by atoms with van der Waals surface area (Å²) in [5.41, 5.74) is -1.10. The quantitative estimate of drug-likeness (QED) is 0.849. The molecular formula is C10H10F3NO2. The second kappa shape index (κ2) is 4.42. The Morgan fingerprint density at radius 3 is 2.44 bits per heavy atom. The number of carbonyl (C=O) groups is 1. The number of nitrogens with one attached hydrogen (secondary N) is 1. The normalized spacial score (nSPS) is 11.1. The van der Waals surface area contributed by atoms with E-state index in [0.717, 1.165) is 19.2 Å². The van der Waals surface area contributed by atoms with E-state index < -0.39 is 23.4 Å². The maximum Gasteiger partial charge on any atom is 0.419 e. The van der Waals surface area contributed by atoms with Crippen molar-refractivity contribution in [2.24, 2.45) is 0 Å². The summed E-state index contributed by atoms with van der Waals surface area (Å²) in [4.78, 5) is 11.3. The van der Waals surface area contributed by atoms with Crippen molar-refractivity contribution < 1.29 is 22.7 Å². The fourth-order valence-electron chi connectivity index (χ4n) is 1.29. The number of amides is 1. The molecular weight excluding hydrogens is 223 g/mol. The van der Waals surface area contributed by atoms with Crippen LogP contribution in [-0.2, 0) is 6.18 Å². The summed E-state index contributed by atoms with van der Waals surface area (Å²) >= 11 is 0. The average molecular weight is 233 g/mol. The highest BCUT2D eigenvalue weighted by molar-refractivity contribution is 5.97. The minimum absolute atomic E-state index is 0.139. The molecule has 0 spiro atoms. The Balaban J connectivity index is 3.38. The molecule has 1 rings (SSSR count). The molecule has 0 saturated carbocycles. The third-order valence-electron chi connectivity index (χ3n) is 2.00. The van der Waals surface area contributed by atoms with E-state index in [1.807, 2.05) is 0 Å². The van der Waals surface area contributed by atoms with Crippen LogP contribution in [0.5, 0.6) is 5.75 Å². The van der Waals surface area contributed by atoms with Crippen molar-refractivity contribution in [2.75, 3.05) is 14.2 Å². The predicted molar refractivity (Wildman–Crippen MR) is 51.4 cm³/mol. The Morgan fingerprint density at radius 2 is 2.00 bits per heavy atom. The predicted octanol–water partition coefficient (Wildman–Crippen LogP) is 2.07. The molecule has 1 aromatic rings. The molecule has 0 aliphatic carbocycles. The molecule has 3 nitrogen and oxygen atoms in total. The standard InChI is InChI=1S/C10H10F3NO2/c1-14-9(15)6-4-3-5-7(8(6)16-2)10(11,12)13/h3-5H,1-2H3,(H,14,15). The van der Waals surface area contributed by atoms with Gasteiger partial charge in [0, 0.05) is 7.05 Å². The largest absolute Gasteiger partial charge is 0.495 e. The van der Waals surface area contributed by atoms with Crippen LogP contribution in [0.25, 0.3) is 0 Å². The van der Waals surface area contributed by atoms with Crippen LogP contribution in [-0.4, -0.2) is 20.1 Å². The number of para-hydroxylation sites is 1. The van der Waals surface area contributed by atoms with Gasteiger partial charge in [0.05, 0.1) is 18.2 Å². The first-order chi connectivity index (χ1) is 7.41. The molecule has 0 bridgehead atoms. The highest BCUT2D eigenvalue weighted by Gasteiger charge is 2.35. The smallest absolute Gasteiger partial charge is 0.419 e. The van der Waals surface area contributed by atoms with Gasteiger partial charge in [0.15, 0.2) is 0 Å². The fraction of sp³-hybridized carbons (Fsp3) is 0.300. The SMILES string of the molecule is CNC(=O)c1cccc(C(F)(F)F)c1OC. The Labute approximate surface area is 90.2 Å². The van der Waals surface area contributed by atoms with E-state index >= 15 is 0 Å². The van der Waals surface area contributed by atoms with Gasteiger partial charge in [-0.25, -0.2) is 0 Å². The molecule has 1 N–H and O–H groups in total. The molecule has 0 aliphatic heterocycles. The number of carbonyl (C=O) groups excluding carboxylic acids is 1. The fourth-order valence-corrected chi connectivity index (χ4v) is 1.29. The summed E-state index contributed by atoms with van der Waals surface area (Å²) in [5.74, 6) is -1.09. The zero-order chi connectivity index (χ0) is 12.3. The number of benzene rings is 1. The molecule has 0 aliphatic rings. The molecule has 1 aromatic carbocycles. The molecule has 0 radical (unpaired) electrons. The lowest BCUT2D eigenvalue weighted by Gasteiger charge is -2.14. The topological polar surface area (TPSA) is 38.3 Å². The molecule has 0 heterocycles. The molecule has 0 aromatic heterocycles. The summed E-state index contributed by atoms with van der Waals surface area (Å²) in [6.07, 6.45) is -4.55. The minimum atomic E-state index is -4.55. The number of hydrogen-bond donors (Lipinski definition) is 1. The first-order valence-electron chi connectivity index (χ1n) is 4.38. The van der Waals surface area contributed by atoms with Crippen LogP contribution >= 0.6 is 0 Å². The maximum atomic E-state index is 12.6. The Kier molecular flexibility index (Phi) is 3.41. The Bertz CT molecular complexity index is 402. The molecule has 16 heavy (non-hydrogen) atoms. The van der Waals surface area contributed by atoms with E-state index in [4.69, 9.17) is 0 Å². The van der Waals surface area contributed by atoms with Gasteiger partial charge in [0.2, 0.25) is 0 Å². The van der Waals surface area contributed by atoms with E-state index in [2.05, 4.69) is 10.1 Å². The molecule has 1 amide bonds. The van der Waals surface area contributed by atoms with Crippen molar-refractivity contribution in [1.82, 2.24) is 5.32 Å². The molecule has 0 fully saturated rings. The summed E-state index contributed by atoms with van der Waals surface area (Å²) < 4.78 is 42.4. The highest BCUT2D eigenvalue weighted by atomic mass is 19.4. The van der Waals surface area contributed by atoms with Crippen molar-refractivity contribution >= 4 is 5.91 Å². The van der Waals surface area contributed by atoms with E-state index in [1.165, 1.54) is 13.1 Å². The summed E-state index contributed by atoms with van der Waals surface area (Å²) in [6.45, 7) is 0. The third kappa shape index (κ3) is 2.26. The van der Waals surface area contributed by atoms with E-state index in [1.54, 1.807) is 0 Å². The van der Waals surface area contributed by atoms with Gasteiger partial charge in [-0.1, -0.05) is 6.07 Å². The average Bonchev–Trinajstić information content (AvgIpc) is 2.25. The molecule has 88 valence electrons. The van der Waals surface area contributed by atoms with E-state index in [-0.39, 0.29) is 5.56 Å². The number of halogens is 3. The van der Waals surface area contributed by atoms with Crippen LogP contribution < -0.4 is 10.1 Å². The monoisotopic (exact) mass is 233 g/mol.